The molecule has 0 unspecified atom stereocenters. The van der Waals surface area contributed by atoms with Gasteiger partial charge in [0.2, 0.25) is 5.91 Å². The largest absolute Gasteiger partial charge is 0.356 e. The number of thiol groups is 2. The zero-order valence-electron chi connectivity index (χ0n) is 6.00. The van der Waals surface area contributed by atoms with Crippen LogP contribution in [0.25, 0.3) is 0 Å². The van der Waals surface area contributed by atoms with Crippen LogP contribution < -0.4 is 5.32 Å². The maximum absolute atomic E-state index is 11.0. The first-order valence-electron chi connectivity index (χ1n) is 3.25. The molecule has 0 aromatic heterocycles. The molecule has 0 aliphatic carbocycles. The van der Waals surface area contributed by atoms with E-state index in [0.29, 0.717) is 18.1 Å². The van der Waals surface area contributed by atoms with Crippen LogP contribution in [0.1, 0.15) is 6.92 Å². The Morgan fingerprint density at radius 2 is 2.00 bits per heavy atom. The highest BCUT2D eigenvalue weighted by Crippen LogP contribution is 2.01. The predicted molar refractivity (Wildman–Crippen MR) is 49.9 cm³/mol. The lowest BCUT2D eigenvalue weighted by molar-refractivity contribution is -0.123. The molecule has 0 radical (unpaired) electrons. The molecule has 60 valence electrons. The number of amides is 1. The molecule has 0 spiro atoms. The van der Waals surface area contributed by atoms with Crippen molar-refractivity contribution < 1.29 is 4.79 Å². The van der Waals surface area contributed by atoms with E-state index in [0.717, 1.165) is 0 Å². The molecule has 0 aliphatic rings. The van der Waals surface area contributed by atoms with E-state index < -0.39 is 0 Å². The van der Waals surface area contributed by atoms with Crippen molar-refractivity contribution in [2.24, 2.45) is 5.92 Å². The van der Waals surface area contributed by atoms with Gasteiger partial charge in [-0.25, -0.2) is 0 Å². The van der Waals surface area contributed by atoms with Gasteiger partial charge in [0.1, 0.15) is 0 Å². The molecular weight excluding hydrogens is 166 g/mol. The summed E-state index contributed by atoms with van der Waals surface area (Å²) < 4.78 is 0. The summed E-state index contributed by atoms with van der Waals surface area (Å²) in [6, 6.07) is 0. The third-order valence-electron chi connectivity index (χ3n) is 1.16. The zero-order chi connectivity index (χ0) is 7.98. The Labute approximate surface area is 72.6 Å². The lowest BCUT2D eigenvalue weighted by Gasteiger charge is -2.09. The fourth-order valence-corrected chi connectivity index (χ4v) is 1.34. The summed E-state index contributed by atoms with van der Waals surface area (Å²) in [6.45, 7) is 2.57. The number of nitrogens with one attached hydrogen (secondary N) is 1. The van der Waals surface area contributed by atoms with Crippen molar-refractivity contribution in [3.8, 4) is 0 Å². The second-order valence-electron chi connectivity index (χ2n) is 1.96. The highest BCUT2D eigenvalue weighted by molar-refractivity contribution is 7.81. The fourth-order valence-electron chi connectivity index (χ4n) is 0.542. The Kier molecular flexibility index (Phi) is 6.02. The molecule has 1 N–H and O–H groups in total. The molecule has 0 fully saturated rings. The average Bonchev–Trinajstić information content (AvgIpc) is 1.91. The summed E-state index contributed by atoms with van der Waals surface area (Å²) in [5.74, 6) is 1.13. The molecule has 0 bridgehead atoms. The van der Waals surface area contributed by atoms with E-state index in [-0.39, 0.29) is 11.8 Å². The number of rotatable bonds is 4. The summed E-state index contributed by atoms with van der Waals surface area (Å²) in [7, 11) is 0. The summed E-state index contributed by atoms with van der Waals surface area (Å²) in [4.78, 5) is 11.0. The van der Waals surface area contributed by atoms with Gasteiger partial charge >= 0.3 is 0 Å². The van der Waals surface area contributed by atoms with Crippen molar-refractivity contribution in [3.05, 3.63) is 0 Å². The fraction of sp³-hybridized carbons (Fsp3) is 0.833. The Hall–Kier alpha value is 0.170. The number of carbonyl (C=O) groups is 1. The zero-order valence-corrected chi connectivity index (χ0v) is 7.79. The smallest absolute Gasteiger partial charge is 0.224 e. The third kappa shape index (κ3) is 3.37. The molecular formula is C6H13NOS2. The van der Waals surface area contributed by atoms with Crippen LogP contribution in [0.15, 0.2) is 0 Å². The van der Waals surface area contributed by atoms with E-state index >= 15 is 0 Å². The van der Waals surface area contributed by atoms with Gasteiger partial charge < -0.3 is 5.32 Å². The van der Waals surface area contributed by atoms with Gasteiger partial charge in [0.15, 0.2) is 0 Å². The number of hydrogen-bond acceptors (Lipinski definition) is 3. The van der Waals surface area contributed by atoms with Crippen molar-refractivity contribution in [3.63, 3.8) is 0 Å². The summed E-state index contributed by atoms with van der Waals surface area (Å²) in [5, 5.41) is 2.71. The molecule has 0 aromatic carbocycles. The maximum atomic E-state index is 11.0. The molecule has 0 saturated carbocycles. The Morgan fingerprint density at radius 1 is 1.50 bits per heavy atom. The van der Waals surface area contributed by atoms with Crippen molar-refractivity contribution >= 4 is 31.2 Å². The van der Waals surface area contributed by atoms with Crippen molar-refractivity contribution in [2.45, 2.75) is 6.92 Å². The van der Waals surface area contributed by atoms with Crippen molar-refractivity contribution in [1.29, 1.82) is 0 Å². The van der Waals surface area contributed by atoms with Crippen LogP contribution >= 0.6 is 25.3 Å². The van der Waals surface area contributed by atoms with Gasteiger partial charge in [0.25, 0.3) is 0 Å². The molecule has 0 aromatic rings. The standard InChI is InChI=1S/C6H13NOS2/c1-2-7-6(8)5(3-9)4-10/h5,9-10H,2-4H2,1H3,(H,7,8). The van der Waals surface area contributed by atoms with Crippen LogP contribution in [0.5, 0.6) is 0 Å². The molecule has 2 nitrogen and oxygen atoms in total. The van der Waals surface area contributed by atoms with Gasteiger partial charge in [-0.05, 0) is 6.92 Å². The minimum Gasteiger partial charge on any atom is -0.356 e. The Bertz CT molecular complexity index is 104. The normalized spacial score (nSPS) is 10.0. The average molecular weight is 179 g/mol. The number of hydrogen-bond donors (Lipinski definition) is 3. The van der Waals surface area contributed by atoms with Gasteiger partial charge in [0.05, 0.1) is 5.92 Å². The second-order valence-corrected chi connectivity index (χ2v) is 2.69. The molecule has 10 heavy (non-hydrogen) atoms. The minimum absolute atomic E-state index is 0.0486. The molecule has 0 aliphatic heterocycles. The van der Waals surface area contributed by atoms with E-state index in [1.807, 2.05) is 6.92 Å². The van der Waals surface area contributed by atoms with Crippen LogP contribution in [0.2, 0.25) is 0 Å². The van der Waals surface area contributed by atoms with E-state index in [4.69, 9.17) is 0 Å². The summed E-state index contributed by atoms with van der Waals surface area (Å²) in [6.07, 6.45) is 0. The second kappa shape index (κ2) is 5.92. The molecule has 0 heterocycles. The van der Waals surface area contributed by atoms with Crippen molar-refractivity contribution in [2.75, 3.05) is 18.1 Å². The van der Waals surface area contributed by atoms with E-state index in [1.54, 1.807) is 0 Å². The molecule has 0 rings (SSSR count). The van der Waals surface area contributed by atoms with Gasteiger partial charge in [-0.1, -0.05) is 0 Å². The first kappa shape index (κ1) is 10.2. The maximum Gasteiger partial charge on any atom is 0.224 e. The van der Waals surface area contributed by atoms with Gasteiger partial charge in [-0.2, -0.15) is 25.3 Å². The molecule has 0 atom stereocenters. The lowest BCUT2D eigenvalue weighted by atomic mass is 10.2. The van der Waals surface area contributed by atoms with Crippen LogP contribution in [0, 0.1) is 5.92 Å². The quantitative estimate of drug-likeness (QED) is 0.542. The lowest BCUT2D eigenvalue weighted by Crippen LogP contribution is -2.32. The third-order valence-corrected chi connectivity index (χ3v) is 2.04. The van der Waals surface area contributed by atoms with Gasteiger partial charge in [-0.15, -0.1) is 0 Å². The van der Waals surface area contributed by atoms with Crippen LogP contribution in [-0.4, -0.2) is 24.0 Å². The minimum atomic E-state index is -0.0494. The Morgan fingerprint density at radius 3 is 2.30 bits per heavy atom. The summed E-state index contributed by atoms with van der Waals surface area (Å²) in [5.41, 5.74) is 0. The first-order chi connectivity index (χ1) is 4.76. The van der Waals surface area contributed by atoms with E-state index in [2.05, 4.69) is 30.6 Å². The van der Waals surface area contributed by atoms with Crippen LogP contribution in [-0.2, 0) is 4.79 Å². The number of carbonyl (C=O) groups excluding carboxylic acids is 1. The highest BCUT2D eigenvalue weighted by Gasteiger charge is 2.12. The highest BCUT2D eigenvalue weighted by atomic mass is 32.1. The van der Waals surface area contributed by atoms with Gasteiger partial charge in [-0.3, -0.25) is 4.79 Å². The van der Waals surface area contributed by atoms with Crippen LogP contribution in [0.4, 0.5) is 0 Å². The first-order valence-corrected chi connectivity index (χ1v) is 4.52. The Balaban J connectivity index is 3.65. The van der Waals surface area contributed by atoms with Gasteiger partial charge in [0, 0.05) is 18.1 Å². The van der Waals surface area contributed by atoms with E-state index in [1.165, 1.54) is 0 Å². The predicted octanol–water partition coefficient (Wildman–Crippen LogP) is 0.598. The summed E-state index contributed by atoms with van der Waals surface area (Å²) >= 11 is 8.04. The molecule has 1 amide bonds. The SMILES string of the molecule is CCNC(=O)C(CS)CS. The topological polar surface area (TPSA) is 29.1 Å². The molecule has 0 saturated heterocycles. The van der Waals surface area contributed by atoms with Crippen molar-refractivity contribution in [1.82, 2.24) is 5.32 Å². The monoisotopic (exact) mass is 179 g/mol. The molecule has 4 heteroatoms. The van der Waals surface area contributed by atoms with Crippen LogP contribution in [0.3, 0.4) is 0 Å². The van der Waals surface area contributed by atoms with E-state index in [9.17, 15) is 4.79 Å².